The van der Waals surface area contributed by atoms with Crippen LogP contribution in [0.1, 0.15) is 23.0 Å². The van der Waals surface area contributed by atoms with Crippen LogP contribution in [-0.2, 0) is 0 Å². The van der Waals surface area contributed by atoms with E-state index in [1.807, 2.05) is 24.3 Å². The summed E-state index contributed by atoms with van der Waals surface area (Å²) in [5, 5.41) is 18.6. The third-order valence-electron chi connectivity index (χ3n) is 3.56. The fourth-order valence-corrected chi connectivity index (χ4v) is 3.40. The van der Waals surface area contributed by atoms with Crippen LogP contribution in [0.2, 0.25) is 0 Å². The molecular formula is C15H12Cl2O2. The molecule has 0 aromatic heterocycles. The third kappa shape index (κ3) is 2.15. The van der Waals surface area contributed by atoms with Crippen molar-refractivity contribution in [3.63, 3.8) is 0 Å². The first kappa shape index (κ1) is 12.6. The number of hydrogen-bond donors (Lipinski definition) is 2. The van der Waals surface area contributed by atoms with E-state index in [9.17, 15) is 10.2 Å². The number of hydrogen-bond acceptors (Lipinski definition) is 2. The molecule has 2 atom stereocenters. The van der Waals surface area contributed by atoms with E-state index in [4.69, 9.17) is 23.2 Å². The number of phenols is 2. The lowest BCUT2D eigenvalue weighted by molar-refractivity contribution is 0.474. The first-order valence-electron chi connectivity index (χ1n) is 5.96. The number of phenolic OH excluding ortho intramolecular Hbond substituents is 2. The monoisotopic (exact) mass is 294 g/mol. The van der Waals surface area contributed by atoms with Crippen molar-refractivity contribution in [3.8, 4) is 11.5 Å². The lowest BCUT2D eigenvalue weighted by atomic mass is 10.0. The SMILES string of the molecule is Oc1ccc(C2C(c3ccc(O)cc3)C2(Cl)Cl)cc1. The summed E-state index contributed by atoms with van der Waals surface area (Å²) in [5.41, 5.74) is 2.00. The molecule has 2 aromatic carbocycles. The van der Waals surface area contributed by atoms with Crippen LogP contribution in [0.3, 0.4) is 0 Å². The van der Waals surface area contributed by atoms with Gasteiger partial charge in [-0.25, -0.2) is 0 Å². The molecule has 19 heavy (non-hydrogen) atoms. The second kappa shape index (κ2) is 4.32. The molecule has 3 rings (SSSR count). The van der Waals surface area contributed by atoms with Crippen molar-refractivity contribution in [1.82, 2.24) is 0 Å². The maximum absolute atomic E-state index is 9.31. The van der Waals surface area contributed by atoms with Crippen LogP contribution in [0, 0.1) is 0 Å². The summed E-state index contributed by atoms with van der Waals surface area (Å²) in [5.74, 6) is 0.447. The van der Waals surface area contributed by atoms with E-state index in [0.29, 0.717) is 0 Å². The Morgan fingerprint density at radius 3 is 1.32 bits per heavy atom. The maximum Gasteiger partial charge on any atom is 0.133 e. The number of alkyl halides is 2. The molecule has 1 aliphatic carbocycles. The minimum Gasteiger partial charge on any atom is -0.508 e. The van der Waals surface area contributed by atoms with Crippen LogP contribution >= 0.6 is 23.2 Å². The molecule has 0 bridgehead atoms. The van der Waals surface area contributed by atoms with Gasteiger partial charge in [-0.05, 0) is 35.4 Å². The summed E-state index contributed by atoms with van der Waals surface area (Å²) in [6.45, 7) is 0. The van der Waals surface area contributed by atoms with Crippen molar-refractivity contribution in [2.24, 2.45) is 0 Å². The van der Waals surface area contributed by atoms with E-state index >= 15 is 0 Å². The van der Waals surface area contributed by atoms with Gasteiger partial charge >= 0.3 is 0 Å². The first-order chi connectivity index (χ1) is 9.00. The summed E-state index contributed by atoms with van der Waals surface area (Å²) >= 11 is 12.7. The Labute approximate surface area is 121 Å². The van der Waals surface area contributed by atoms with E-state index in [2.05, 4.69) is 0 Å². The number of halogens is 2. The Bertz CT molecular complexity index is 537. The minimum atomic E-state index is -0.839. The molecule has 2 unspecified atom stereocenters. The molecule has 0 aliphatic heterocycles. The van der Waals surface area contributed by atoms with E-state index in [1.54, 1.807) is 24.3 Å². The van der Waals surface area contributed by atoms with Crippen molar-refractivity contribution < 1.29 is 10.2 Å². The molecule has 0 amide bonds. The average Bonchev–Trinajstić information content (AvgIpc) is 2.94. The quantitative estimate of drug-likeness (QED) is 0.817. The smallest absolute Gasteiger partial charge is 0.133 e. The van der Waals surface area contributed by atoms with Crippen molar-refractivity contribution in [3.05, 3.63) is 59.7 Å². The summed E-state index contributed by atoms with van der Waals surface area (Å²) in [6, 6.07) is 13.9. The molecule has 4 heteroatoms. The second-order valence-corrected chi connectivity index (χ2v) is 6.26. The van der Waals surface area contributed by atoms with Gasteiger partial charge in [-0.1, -0.05) is 24.3 Å². The van der Waals surface area contributed by atoms with Crippen LogP contribution < -0.4 is 0 Å². The van der Waals surface area contributed by atoms with E-state index < -0.39 is 4.33 Å². The van der Waals surface area contributed by atoms with Crippen LogP contribution in [0.25, 0.3) is 0 Å². The molecule has 1 saturated carbocycles. The maximum atomic E-state index is 9.31. The molecule has 98 valence electrons. The largest absolute Gasteiger partial charge is 0.508 e. The zero-order valence-electron chi connectivity index (χ0n) is 9.92. The van der Waals surface area contributed by atoms with Gasteiger partial charge in [0.2, 0.25) is 0 Å². The summed E-state index contributed by atoms with van der Waals surface area (Å²) in [7, 11) is 0. The summed E-state index contributed by atoms with van der Waals surface area (Å²) in [4.78, 5) is 0. The molecule has 2 N–H and O–H groups in total. The second-order valence-electron chi connectivity index (χ2n) is 4.81. The Balaban J connectivity index is 1.92. The van der Waals surface area contributed by atoms with Crippen molar-refractivity contribution in [1.29, 1.82) is 0 Å². The highest BCUT2D eigenvalue weighted by Crippen LogP contribution is 2.70. The van der Waals surface area contributed by atoms with Gasteiger partial charge < -0.3 is 10.2 Å². The minimum absolute atomic E-state index is 0.000904. The van der Waals surface area contributed by atoms with Crippen LogP contribution in [0.4, 0.5) is 0 Å². The fourth-order valence-electron chi connectivity index (χ4n) is 2.52. The van der Waals surface area contributed by atoms with E-state index in [0.717, 1.165) is 11.1 Å². The van der Waals surface area contributed by atoms with Gasteiger partial charge in [-0.15, -0.1) is 23.2 Å². The Morgan fingerprint density at radius 1 is 0.684 bits per heavy atom. The fraction of sp³-hybridized carbons (Fsp3) is 0.200. The third-order valence-corrected chi connectivity index (χ3v) is 4.50. The van der Waals surface area contributed by atoms with Crippen LogP contribution in [0.5, 0.6) is 11.5 Å². The van der Waals surface area contributed by atoms with Gasteiger partial charge in [-0.3, -0.25) is 0 Å². The van der Waals surface area contributed by atoms with Crippen molar-refractivity contribution in [2.45, 2.75) is 16.2 Å². The van der Waals surface area contributed by atoms with E-state index in [-0.39, 0.29) is 23.3 Å². The van der Waals surface area contributed by atoms with Gasteiger partial charge in [0, 0.05) is 11.8 Å². The molecule has 0 radical (unpaired) electrons. The predicted octanol–water partition coefficient (Wildman–Crippen LogP) is 4.15. The van der Waals surface area contributed by atoms with Crippen LogP contribution in [0.15, 0.2) is 48.5 Å². The molecular weight excluding hydrogens is 283 g/mol. The molecule has 2 aromatic rings. The Kier molecular flexibility index (Phi) is 2.88. The molecule has 0 saturated heterocycles. The van der Waals surface area contributed by atoms with Gasteiger partial charge in [0.25, 0.3) is 0 Å². The molecule has 0 spiro atoms. The Hall–Kier alpha value is -1.38. The Morgan fingerprint density at radius 2 is 1.00 bits per heavy atom. The highest BCUT2D eigenvalue weighted by molar-refractivity contribution is 6.52. The number of aromatic hydroxyl groups is 2. The summed E-state index contributed by atoms with van der Waals surface area (Å²) in [6.07, 6.45) is 0. The van der Waals surface area contributed by atoms with Gasteiger partial charge in [0.05, 0.1) is 0 Å². The van der Waals surface area contributed by atoms with Gasteiger partial charge in [-0.2, -0.15) is 0 Å². The van der Waals surface area contributed by atoms with Crippen LogP contribution in [-0.4, -0.2) is 14.5 Å². The highest BCUT2D eigenvalue weighted by atomic mass is 35.5. The number of benzene rings is 2. The van der Waals surface area contributed by atoms with E-state index in [1.165, 1.54) is 0 Å². The first-order valence-corrected chi connectivity index (χ1v) is 6.71. The molecule has 2 nitrogen and oxygen atoms in total. The molecule has 1 aliphatic rings. The topological polar surface area (TPSA) is 40.5 Å². The van der Waals surface area contributed by atoms with Crippen molar-refractivity contribution in [2.75, 3.05) is 0 Å². The number of rotatable bonds is 2. The highest BCUT2D eigenvalue weighted by Gasteiger charge is 2.64. The standard InChI is InChI=1S/C15H12Cl2O2/c16-15(17)13(9-1-5-11(18)6-2-9)14(15)10-3-7-12(19)8-4-10/h1-8,13-14,18-19H. The summed E-state index contributed by atoms with van der Waals surface area (Å²) < 4.78 is -0.839. The average molecular weight is 295 g/mol. The molecule has 0 heterocycles. The normalized spacial score (nSPS) is 24.1. The predicted molar refractivity (Wildman–Crippen MR) is 76.1 cm³/mol. The van der Waals surface area contributed by atoms with Crippen molar-refractivity contribution >= 4 is 23.2 Å². The lowest BCUT2D eigenvalue weighted by Gasteiger charge is -2.01. The van der Waals surface area contributed by atoms with Gasteiger partial charge in [0.15, 0.2) is 0 Å². The lowest BCUT2D eigenvalue weighted by Crippen LogP contribution is -1.90. The molecule has 1 fully saturated rings. The zero-order valence-corrected chi connectivity index (χ0v) is 11.4. The zero-order chi connectivity index (χ0) is 13.6. The van der Waals surface area contributed by atoms with Gasteiger partial charge in [0.1, 0.15) is 15.8 Å².